The van der Waals surface area contributed by atoms with Gasteiger partial charge in [0.15, 0.2) is 0 Å². The molecule has 3 aliphatic rings. The number of hydrogen-bond donors (Lipinski definition) is 0. The lowest BCUT2D eigenvalue weighted by molar-refractivity contribution is -0.151. The molecule has 1 saturated heterocycles. The van der Waals surface area contributed by atoms with Gasteiger partial charge in [0.1, 0.15) is 0 Å². The van der Waals surface area contributed by atoms with Crippen LogP contribution in [0.2, 0.25) is 0 Å². The first-order chi connectivity index (χ1) is 9.72. The second-order valence-corrected chi connectivity index (χ2v) is 6.51. The van der Waals surface area contributed by atoms with Crippen LogP contribution in [0.5, 0.6) is 0 Å². The Bertz CT molecular complexity index is 383. The van der Waals surface area contributed by atoms with E-state index in [1.165, 1.54) is 25.7 Å². The van der Waals surface area contributed by atoms with Crippen molar-refractivity contribution in [3.8, 4) is 0 Å². The predicted octanol–water partition coefficient (Wildman–Crippen LogP) is 2.22. The van der Waals surface area contributed by atoms with Gasteiger partial charge >= 0.3 is 5.97 Å². The molecule has 3 fully saturated rings. The molecule has 0 N–H and O–H groups in total. The average molecular weight is 279 g/mol. The number of ether oxygens (including phenoxy) is 1. The van der Waals surface area contributed by atoms with Crippen LogP contribution in [-0.4, -0.2) is 36.5 Å². The molecule has 1 amide bonds. The summed E-state index contributed by atoms with van der Waals surface area (Å²) in [5, 5.41) is 0. The van der Waals surface area contributed by atoms with E-state index in [1.807, 2.05) is 11.8 Å². The fraction of sp³-hybridized carbons (Fsp3) is 0.875. The third kappa shape index (κ3) is 2.57. The second kappa shape index (κ2) is 5.74. The Morgan fingerprint density at radius 2 is 1.80 bits per heavy atom. The van der Waals surface area contributed by atoms with Gasteiger partial charge in [0.05, 0.1) is 12.5 Å². The molecule has 112 valence electrons. The number of rotatable bonds is 3. The highest BCUT2D eigenvalue weighted by atomic mass is 16.5. The van der Waals surface area contributed by atoms with E-state index < -0.39 is 0 Å². The molecule has 4 nitrogen and oxygen atoms in total. The molecule has 1 aliphatic heterocycles. The highest BCUT2D eigenvalue weighted by molar-refractivity contribution is 5.83. The van der Waals surface area contributed by atoms with Crippen LogP contribution in [0.1, 0.15) is 45.4 Å². The van der Waals surface area contributed by atoms with Crippen molar-refractivity contribution >= 4 is 11.9 Å². The van der Waals surface area contributed by atoms with Gasteiger partial charge in [-0.05, 0) is 44.4 Å². The number of fused-ring (bicyclic) bond motifs is 1. The van der Waals surface area contributed by atoms with Crippen LogP contribution < -0.4 is 0 Å². The monoisotopic (exact) mass is 279 g/mol. The van der Waals surface area contributed by atoms with Crippen molar-refractivity contribution in [3.05, 3.63) is 0 Å². The molecule has 3 atom stereocenters. The maximum atomic E-state index is 12.6. The summed E-state index contributed by atoms with van der Waals surface area (Å²) in [5.74, 6) is 1.67. The van der Waals surface area contributed by atoms with Crippen LogP contribution in [0.3, 0.4) is 0 Å². The number of esters is 1. The maximum Gasteiger partial charge on any atom is 0.310 e. The fourth-order valence-electron chi connectivity index (χ4n) is 4.20. The Balaban J connectivity index is 1.57. The minimum absolute atomic E-state index is 0.103. The lowest BCUT2D eigenvalue weighted by Gasteiger charge is -2.31. The van der Waals surface area contributed by atoms with Crippen molar-refractivity contribution < 1.29 is 14.3 Å². The smallest absolute Gasteiger partial charge is 0.310 e. The molecular weight excluding hydrogens is 254 g/mol. The first kappa shape index (κ1) is 13.9. The van der Waals surface area contributed by atoms with Crippen molar-refractivity contribution in [2.24, 2.45) is 23.7 Å². The number of amides is 1. The number of likely N-dealkylation sites (tertiary alicyclic amines) is 1. The number of nitrogens with zero attached hydrogens (tertiary/aromatic N) is 1. The maximum absolute atomic E-state index is 12.6. The Labute approximate surface area is 120 Å². The normalized spacial score (nSPS) is 36.1. The zero-order chi connectivity index (χ0) is 14.1. The lowest BCUT2D eigenvalue weighted by Crippen LogP contribution is -2.43. The topological polar surface area (TPSA) is 46.6 Å². The first-order valence-electron chi connectivity index (χ1n) is 8.17. The van der Waals surface area contributed by atoms with Crippen molar-refractivity contribution in [3.63, 3.8) is 0 Å². The van der Waals surface area contributed by atoms with E-state index in [9.17, 15) is 9.59 Å². The van der Waals surface area contributed by atoms with Gasteiger partial charge in [0.25, 0.3) is 0 Å². The molecule has 4 heteroatoms. The van der Waals surface area contributed by atoms with Crippen LogP contribution in [0.15, 0.2) is 0 Å². The Morgan fingerprint density at radius 3 is 2.45 bits per heavy atom. The van der Waals surface area contributed by atoms with Gasteiger partial charge in [0.2, 0.25) is 5.91 Å². The van der Waals surface area contributed by atoms with Gasteiger partial charge in [-0.15, -0.1) is 0 Å². The SMILES string of the molecule is CCOC(=O)[C@H]1CCCN(C(=O)C2C3CCCCC32)C1. The minimum Gasteiger partial charge on any atom is -0.466 e. The molecule has 2 saturated carbocycles. The van der Waals surface area contributed by atoms with Crippen LogP contribution >= 0.6 is 0 Å². The lowest BCUT2D eigenvalue weighted by atomic mass is 9.97. The van der Waals surface area contributed by atoms with Crippen LogP contribution in [0, 0.1) is 23.7 Å². The number of carbonyl (C=O) groups is 2. The number of piperidine rings is 1. The fourth-order valence-corrected chi connectivity index (χ4v) is 4.20. The van der Waals surface area contributed by atoms with Crippen molar-refractivity contribution in [2.75, 3.05) is 19.7 Å². The summed E-state index contributed by atoms with van der Waals surface area (Å²) in [5.41, 5.74) is 0. The zero-order valence-corrected chi connectivity index (χ0v) is 12.3. The van der Waals surface area contributed by atoms with E-state index in [0.29, 0.717) is 30.9 Å². The molecule has 0 aromatic heterocycles. The van der Waals surface area contributed by atoms with Crippen molar-refractivity contribution in [1.82, 2.24) is 4.90 Å². The van der Waals surface area contributed by atoms with Crippen LogP contribution in [0.4, 0.5) is 0 Å². The second-order valence-electron chi connectivity index (χ2n) is 6.51. The summed E-state index contributed by atoms with van der Waals surface area (Å²) in [6.07, 6.45) is 6.83. The van der Waals surface area contributed by atoms with Crippen LogP contribution in [0.25, 0.3) is 0 Å². The summed E-state index contributed by atoms with van der Waals surface area (Å²) in [6.45, 7) is 3.66. The summed E-state index contributed by atoms with van der Waals surface area (Å²) in [4.78, 5) is 26.4. The van der Waals surface area contributed by atoms with Gasteiger partial charge in [-0.2, -0.15) is 0 Å². The molecule has 0 radical (unpaired) electrons. The van der Waals surface area contributed by atoms with Gasteiger partial charge < -0.3 is 9.64 Å². The first-order valence-corrected chi connectivity index (χ1v) is 8.17. The molecule has 0 bridgehead atoms. The summed E-state index contributed by atoms with van der Waals surface area (Å²) < 4.78 is 5.10. The molecule has 1 heterocycles. The van der Waals surface area contributed by atoms with Gasteiger partial charge in [-0.1, -0.05) is 12.8 Å². The van der Waals surface area contributed by atoms with E-state index >= 15 is 0 Å². The number of hydrogen-bond acceptors (Lipinski definition) is 3. The quantitative estimate of drug-likeness (QED) is 0.744. The molecule has 2 aliphatic carbocycles. The van der Waals surface area contributed by atoms with Gasteiger partial charge in [-0.3, -0.25) is 9.59 Å². The standard InChI is InChI=1S/C16H25NO3/c1-2-20-16(19)11-6-5-9-17(10-11)15(18)14-12-7-3-4-8-13(12)14/h11-14H,2-10H2,1H3/t11-,12?,13?,14?/m0/s1. The highest BCUT2D eigenvalue weighted by Crippen LogP contribution is 2.56. The van der Waals surface area contributed by atoms with Crippen molar-refractivity contribution in [1.29, 1.82) is 0 Å². The van der Waals surface area contributed by atoms with E-state index in [0.717, 1.165) is 19.4 Å². The van der Waals surface area contributed by atoms with E-state index in [4.69, 9.17) is 4.74 Å². The third-order valence-corrected chi connectivity index (χ3v) is 5.29. The third-order valence-electron chi connectivity index (χ3n) is 5.29. The highest BCUT2D eigenvalue weighted by Gasteiger charge is 2.56. The molecule has 0 aromatic rings. The van der Waals surface area contributed by atoms with E-state index in [-0.39, 0.29) is 17.8 Å². The Morgan fingerprint density at radius 1 is 1.10 bits per heavy atom. The largest absolute Gasteiger partial charge is 0.466 e. The zero-order valence-electron chi connectivity index (χ0n) is 12.3. The predicted molar refractivity (Wildman–Crippen MR) is 74.9 cm³/mol. The molecule has 20 heavy (non-hydrogen) atoms. The molecule has 0 aromatic carbocycles. The van der Waals surface area contributed by atoms with Gasteiger partial charge in [-0.25, -0.2) is 0 Å². The Kier molecular flexibility index (Phi) is 3.99. The molecule has 0 spiro atoms. The summed E-state index contributed by atoms with van der Waals surface area (Å²) in [6, 6.07) is 0. The minimum atomic E-state index is -0.127. The average Bonchev–Trinajstić information content (AvgIpc) is 3.21. The summed E-state index contributed by atoms with van der Waals surface area (Å²) in [7, 11) is 0. The molecular formula is C16H25NO3. The van der Waals surface area contributed by atoms with Crippen LogP contribution in [-0.2, 0) is 14.3 Å². The summed E-state index contributed by atoms with van der Waals surface area (Å²) >= 11 is 0. The molecule has 2 unspecified atom stereocenters. The molecule has 3 rings (SSSR count). The van der Waals surface area contributed by atoms with Gasteiger partial charge in [0, 0.05) is 19.0 Å². The number of carbonyl (C=O) groups excluding carboxylic acids is 2. The van der Waals surface area contributed by atoms with E-state index in [1.54, 1.807) is 0 Å². The van der Waals surface area contributed by atoms with Crippen molar-refractivity contribution in [2.45, 2.75) is 45.4 Å². The Hall–Kier alpha value is -1.06. The van der Waals surface area contributed by atoms with E-state index in [2.05, 4.69) is 0 Å².